The Kier molecular flexibility index (Phi) is 4.60. The van der Waals surface area contributed by atoms with Crippen molar-refractivity contribution in [1.82, 2.24) is 0 Å². The molecule has 94 valence electrons. The van der Waals surface area contributed by atoms with E-state index in [9.17, 15) is 0 Å². The van der Waals surface area contributed by atoms with Crippen molar-refractivity contribution in [3.8, 4) is 5.75 Å². The van der Waals surface area contributed by atoms with Crippen LogP contribution in [0.25, 0.3) is 0 Å². The van der Waals surface area contributed by atoms with Gasteiger partial charge in [-0.3, -0.25) is 0 Å². The molecule has 1 aliphatic rings. The van der Waals surface area contributed by atoms with Crippen LogP contribution in [0.5, 0.6) is 5.75 Å². The fourth-order valence-electron chi connectivity index (χ4n) is 2.22. The first kappa shape index (κ1) is 13.1. The van der Waals surface area contributed by atoms with Crippen molar-refractivity contribution in [2.24, 2.45) is 11.7 Å². The molecule has 0 spiro atoms. The van der Waals surface area contributed by atoms with E-state index >= 15 is 0 Å². The number of halogens is 1. The number of ether oxygens (including phenoxy) is 1. The van der Waals surface area contributed by atoms with Gasteiger partial charge in [0.05, 0.1) is 7.11 Å². The molecule has 0 bridgehead atoms. The lowest BCUT2D eigenvalue weighted by Gasteiger charge is -2.19. The second-order valence-corrected chi connectivity index (χ2v) is 6.03. The molecule has 0 amide bonds. The van der Waals surface area contributed by atoms with Crippen molar-refractivity contribution >= 4 is 23.4 Å². The molecule has 0 saturated carbocycles. The van der Waals surface area contributed by atoms with E-state index in [1.807, 2.05) is 30.0 Å². The number of nitrogens with two attached hydrogens (primary N) is 1. The van der Waals surface area contributed by atoms with Crippen LogP contribution in [0, 0.1) is 5.92 Å². The number of methoxy groups -OCH3 is 1. The molecule has 2 N–H and O–H groups in total. The molecule has 4 heteroatoms. The molecule has 1 aromatic rings. The topological polar surface area (TPSA) is 35.2 Å². The van der Waals surface area contributed by atoms with Crippen molar-refractivity contribution < 1.29 is 4.74 Å². The van der Waals surface area contributed by atoms with Gasteiger partial charge in [-0.2, -0.15) is 11.8 Å². The fraction of sp³-hybridized carbons (Fsp3) is 0.538. The van der Waals surface area contributed by atoms with E-state index in [0.29, 0.717) is 5.92 Å². The van der Waals surface area contributed by atoms with Crippen LogP contribution in [-0.4, -0.2) is 24.7 Å². The van der Waals surface area contributed by atoms with Gasteiger partial charge in [0, 0.05) is 11.1 Å². The predicted molar refractivity (Wildman–Crippen MR) is 75.1 cm³/mol. The van der Waals surface area contributed by atoms with E-state index < -0.39 is 0 Å². The summed E-state index contributed by atoms with van der Waals surface area (Å²) in [4.78, 5) is 0. The Balaban J connectivity index is 2.08. The van der Waals surface area contributed by atoms with Gasteiger partial charge in [-0.1, -0.05) is 11.6 Å². The molecule has 1 aromatic carbocycles. The van der Waals surface area contributed by atoms with Gasteiger partial charge < -0.3 is 10.5 Å². The standard InChI is InChI=1S/C13H18ClNOS/c1-16-13-3-2-11(14)6-10(13)7-12(15)9-4-5-17-8-9/h2-3,6,9,12H,4-5,7-8,15H2,1H3. The maximum atomic E-state index is 6.27. The Morgan fingerprint density at radius 1 is 1.59 bits per heavy atom. The maximum Gasteiger partial charge on any atom is 0.122 e. The molecular weight excluding hydrogens is 254 g/mol. The second kappa shape index (κ2) is 5.98. The molecule has 0 radical (unpaired) electrons. The minimum atomic E-state index is 0.206. The van der Waals surface area contributed by atoms with Gasteiger partial charge in [-0.15, -0.1) is 0 Å². The average Bonchev–Trinajstić information content (AvgIpc) is 2.83. The first-order valence-electron chi connectivity index (χ1n) is 5.86. The molecule has 2 unspecified atom stereocenters. The van der Waals surface area contributed by atoms with Gasteiger partial charge in [0.25, 0.3) is 0 Å². The minimum absolute atomic E-state index is 0.206. The van der Waals surface area contributed by atoms with Crippen LogP contribution in [0.2, 0.25) is 5.02 Å². The zero-order valence-electron chi connectivity index (χ0n) is 9.99. The van der Waals surface area contributed by atoms with Crippen LogP contribution in [0.15, 0.2) is 18.2 Å². The third-order valence-electron chi connectivity index (χ3n) is 3.27. The van der Waals surface area contributed by atoms with Gasteiger partial charge in [0.1, 0.15) is 5.75 Å². The maximum absolute atomic E-state index is 6.27. The van der Waals surface area contributed by atoms with Crippen molar-refractivity contribution in [3.63, 3.8) is 0 Å². The van der Waals surface area contributed by atoms with Gasteiger partial charge in [-0.05, 0) is 54.0 Å². The van der Waals surface area contributed by atoms with Crippen LogP contribution in [-0.2, 0) is 6.42 Å². The molecule has 1 heterocycles. The van der Waals surface area contributed by atoms with Crippen LogP contribution in [0.4, 0.5) is 0 Å². The summed E-state index contributed by atoms with van der Waals surface area (Å²) < 4.78 is 5.34. The third-order valence-corrected chi connectivity index (χ3v) is 4.69. The first-order valence-corrected chi connectivity index (χ1v) is 7.39. The number of hydrogen-bond acceptors (Lipinski definition) is 3. The first-order chi connectivity index (χ1) is 8.20. The minimum Gasteiger partial charge on any atom is -0.496 e. The summed E-state index contributed by atoms with van der Waals surface area (Å²) in [5, 5.41) is 0.744. The summed E-state index contributed by atoms with van der Waals surface area (Å²) in [7, 11) is 1.68. The molecule has 17 heavy (non-hydrogen) atoms. The van der Waals surface area contributed by atoms with Gasteiger partial charge in [0.15, 0.2) is 0 Å². The molecule has 2 rings (SSSR count). The molecule has 2 nitrogen and oxygen atoms in total. The molecule has 1 fully saturated rings. The Bertz CT molecular complexity index is 380. The number of hydrogen-bond donors (Lipinski definition) is 1. The normalized spacial score (nSPS) is 21.5. The van der Waals surface area contributed by atoms with Gasteiger partial charge in [-0.25, -0.2) is 0 Å². The van der Waals surface area contributed by atoms with Crippen LogP contribution >= 0.6 is 23.4 Å². The molecular formula is C13H18ClNOS. The molecule has 1 saturated heterocycles. The number of benzene rings is 1. The lowest BCUT2D eigenvalue weighted by Crippen LogP contribution is -2.32. The Morgan fingerprint density at radius 2 is 2.41 bits per heavy atom. The number of rotatable bonds is 4. The lowest BCUT2D eigenvalue weighted by molar-refractivity contribution is 0.401. The Hall–Kier alpha value is -0.380. The zero-order valence-corrected chi connectivity index (χ0v) is 11.6. The largest absolute Gasteiger partial charge is 0.496 e. The van der Waals surface area contributed by atoms with Crippen LogP contribution < -0.4 is 10.5 Å². The van der Waals surface area contributed by atoms with E-state index in [0.717, 1.165) is 22.8 Å². The highest BCUT2D eigenvalue weighted by atomic mass is 35.5. The van der Waals surface area contributed by atoms with E-state index in [1.54, 1.807) is 7.11 Å². The quantitative estimate of drug-likeness (QED) is 0.914. The lowest BCUT2D eigenvalue weighted by atomic mass is 9.93. The van der Waals surface area contributed by atoms with Gasteiger partial charge in [0.2, 0.25) is 0 Å². The predicted octanol–water partition coefficient (Wildman–Crippen LogP) is 2.97. The van der Waals surface area contributed by atoms with E-state index in [1.165, 1.54) is 17.9 Å². The smallest absolute Gasteiger partial charge is 0.122 e. The van der Waals surface area contributed by atoms with Crippen molar-refractivity contribution in [2.45, 2.75) is 18.9 Å². The SMILES string of the molecule is COc1ccc(Cl)cc1CC(N)C1CCSC1. The molecule has 2 atom stereocenters. The fourth-order valence-corrected chi connectivity index (χ4v) is 3.77. The number of thioether (sulfide) groups is 1. The average molecular weight is 272 g/mol. The van der Waals surface area contributed by atoms with Gasteiger partial charge >= 0.3 is 0 Å². The van der Waals surface area contributed by atoms with Crippen molar-refractivity contribution in [2.75, 3.05) is 18.6 Å². The second-order valence-electron chi connectivity index (χ2n) is 4.45. The van der Waals surface area contributed by atoms with Crippen LogP contribution in [0.1, 0.15) is 12.0 Å². The monoisotopic (exact) mass is 271 g/mol. The molecule has 0 aromatic heterocycles. The van der Waals surface area contributed by atoms with Crippen LogP contribution in [0.3, 0.4) is 0 Å². The summed E-state index contributed by atoms with van der Waals surface area (Å²) in [6, 6.07) is 5.93. The summed E-state index contributed by atoms with van der Waals surface area (Å²) in [6.07, 6.45) is 2.07. The zero-order chi connectivity index (χ0) is 12.3. The Labute approximate surface area is 112 Å². The highest BCUT2D eigenvalue weighted by Gasteiger charge is 2.23. The summed E-state index contributed by atoms with van der Waals surface area (Å²) in [5.74, 6) is 3.94. The van der Waals surface area contributed by atoms with E-state index in [-0.39, 0.29) is 6.04 Å². The molecule has 1 aliphatic heterocycles. The third kappa shape index (κ3) is 3.30. The summed E-state index contributed by atoms with van der Waals surface area (Å²) >= 11 is 8.01. The molecule has 0 aliphatic carbocycles. The van der Waals surface area contributed by atoms with E-state index in [2.05, 4.69) is 0 Å². The summed E-state index contributed by atoms with van der Waals surface area (Å²) in [6.45, 7) is 0. The highest BCUT2D eigenvalue weighted by Crippen LogP contribution is 2.29. The van der Waals surface area contributed by atoms with E-state index in [4.69, 9.17) is 22.1 Å². The Morgan fingerprint density at radius 3 is 3.06 bits per heavy atom. The highest BCUT2D eigenvalue weighted by molar-refractivity contribution is 7.99. The summed E-state index contributed by atoms with van der Waals surface area (Å²) in [5.41, 5.74) is 7.39. The van der Waals surface area contributed by atoms with Crippen molar-refractivity contribution in [1.29, 1.82) is 0 Å². The van der Waals surface area contributed by atoms with Crippen molar-refractivity contribution in [3.05, 3.63) is 28.8 Å².